The first-order valence-corrected chi connectivity index (χ1v) is 8.64. The fraction of sp³-hybridized carbons (Fsp3) is 1.00. The molecule has 20 heavy (non-hydrogen) atoms. The average molecular weight is 285 g/mol. The number of hydrogen-bond donors (Lipinski definition) is 1. The van der Waals surface area contributed by atoms with Gasteiger partial charge in [-0.2, -0.15) is 0 Å². The molecule has 0 aliphatic heterocycles. The van der Waals surface area contributed by atoms with Crippen molar-refractivity contribution in [2.75, 3.05) is 19.6 Å². The van der Waals surface area contributed by atoms with Crippen LogP contribution in [-0.4, -0.2) is 36.1 Å². The van der Waals surface area contributed by atoms with E-state index < -0.39 is 0 Å². The monoisotopic (exact) mass is 284 g/mol. The highest BCUT2D eigenvalue weighted by atomic mass is 15.2. The van der Waals surface area contributed by atoms with Crippen molar-refractivity contribution < 1.29 is 0 Å². The molecule has 0 aliphatic rings. The zero-order valence-electron chi connectivity index (χ0n) is 15.4. The summed E-state index contributed by atoms with van der Waals surface area (Å²) in [5.74, 6) is 1.59. The Morgan fingerprint density at radius 2 is 1.35 bits per heavy atom. The zero-order valence-corrected chi connectivity index (χ0v) is 15.4. The summed E-state index contributed by atoms with van der Waals surface area (Å²) in [6.45, 7) is 22.0. The Labute approximate surface area is 128 Å². The van der Waals surface area contributed by atoms with Crippen LogP contribution in [0.3, 0.4) is 0 Å². The molecule has 122 valence electrons. The van der Waals surface area contributed by atoms with Crippen LogP contribution in [0.25, 0.3) is 0 Å². The van der Waals surface area contributed by atoms with Crippen LogP contribution in [0.4, 0.5) is 0 Å². The third-order valence-corrected chi connectivity index (χ3v) is 3.84. The van der Waals surface area contributed by atoms with Gasteiger partial charge in [-0.1, -0.05) is 34.6 Å². The maximum absolute atomic E-state index is 3.69. The van der Waals surface area contributed by atoms with Gasteiger partial charge in [0.1, 0.15) is 0 Å². The first-order chi connectivity index (χ1) is 9.15. The molecular formula is C18H40N2. The Balaban J connectivity index is 4.49. The lowest BCUT2D eigenvalue weighted by atomic mass is 10.0. The molecule has 0 radical (unpaired) electrons. The second kappa shape index (κ2) is 9.78. The summed E-state index contributed by atoms with van der Waals surface area (Å²) >= 11 is 0. The summed E-state index contributed by atoms with van der Waals surface area (Å²) < 4.78 is 0. The minimum absolute atomic E-state index is 0.217. The molecule has 1 N–H and O–H groups in total. The third-order valence-electron chi connectivity index (χ3n) is 3.84. The Morgan fingerprint density at radius 1 is 0.900 bits per heavy atom. The summed E-state index contributed by atoms with van der Waals surface area (Å²) in [5.41, 5.74) is 0.217. The van der Waals surface area contributed by atoms with Crippen molar-refractivity contribution in [3.8, 4) is 0 Å². The highest BCUT2D eigenvalue weighted by Crippen LogP contribution is 2.13. The van der Waals surface area contributed by atoms with E-state index in [1.165, 1.54) is 32.4 Å². The van der Waals surface area contributed by atoms with E-state index in [4.69, 9.17) is 0 Å². The molecule has 0 aliphatic carbocycles. The van der Waals surface area contributed by atoms with E-state index in [2.05, 4.69) is 65.6 Å². The van der Waals surface area contributed by atoms with E-state index in [1.54, 1.807) is 0 Å². The van der Waals surface area contributed by atoms with Crippen molar-refractivity contribution in [1.82, 2.24) is 10.2 Å². The smallest absolute Gasteiger partial charge is 0.0218 e. The standard InChI is InChI=1S/C18H40N2/c1-9-17(14-19-18(6,7)8)20(12-10-15(2)3)13-11-16(4)5/h15-17,19H,9-14H2,1-8H3. The molecule has 0 heterocycles. The van der Waals surface area contributed by atoms with Gasteiger partial charge in [0.05, 0.1) is 0 Å². The Hall–Kier alpha value is -0.0800. The number of rotatable bonds is 10. The minimum atomic E-state index is 0.217. The van der Waals surface area contributed by atoms with Crippen LogP contribution in [0.5, 0.6) is 0 Å². The van der Waals surface area contributed by atoms with Crippen LogP contribution in [0.15, 0.2) is 0 Å². The van der Waals surface area contributed by atoms with Gasteiger partial charge in [-0.3, -0.25) is 4.90 Å². The largest absolute Gasteiger partial charge is 0.311 e. The third kappa shape index (κ3) is 10.7. The maximum atomic E-state index is 3.69. The number of nitrogens with zero attached hydrogens (tertiary/aromatic N) is 1. The van der Waals surface area contributed by atoms with E-state index in [0.717, 1.165) is 18.4 Å². The van der Waals surface area contributed by atoms with Gasteiger partial charge in [0, 0.05) is 18.1 Å². The molecule has 0 aromatic heterocycles. The van der Waals surface area contributed by atoms with Crippen LogP contribution >= 0.6 is 0 Å². The minimum Gasteiger partial charge on any atom is -0.311 e. The highest BCUT2D eigenvalue weighted by Gasteiger charge is 2.19. The normalized spacial score (nSPS) is 14.6. The maximum Gasteiger partial charge on any atom is 0.0218 e. The highest BCUT2D eigenvalue weighted by molar-refractivity contribution is 4.79. The first kappa shape index (κ1) is 19.9. The first-order valence-electron chi connectivity index (χ1n) is 8.64. The van der Waals surface area contributed by atoms with Gasteiger partial charge in [-0.05, 0) is 65.0 Å². The van der Waals surface area contributed by atoms with Crippen LogP contribution in [-0.2, 0) is 0 Å². The summed E-state index contributed by atoms with van der Waals surface area (Å²) in [4.78, 5) is 2.72. The van der Waals surface area contributed by atoms with E-state index in [-0.39, 0.29) is 5.54 Å². The predicted octanol–water partition coefficient (Wildman–Crippen LogP) is 4.55. The lowest BCUT2D eigenvalue weighted by Crippen LogP contribution is -2.48. The summed E-state index contributed by atoms with van der Waals surface area (Å²) in [6.07, 6.45) is 3.85. The quantitative estimate of drug-likeness (QED) is 0.633. The van der Waals surface area contributed by atoms with Crippen LogP contribution in [0, 0.1) is 11.8 Å². The Morgan fingerprint density at radius 3 is 1.65 bits per heavy atom. The molecule has 1 atom stereocenters. The van der Waals surface area contributed by atoms with E-state index in [0.29, 0.717) is 6.04 Å². The second-order valence-corrected chi connectivity index (χ2v) is 8.09. The van der Waals surface area contributed by atoms with Crippen molar-refractivity contribution in [2.45, 2.75) is 86.2 Å². The molecule has 0 bridgehead atoms. The van der Waals surface area contributed by atoms with E-state index in [1.807, 2.05) is 0 Å². The fourth-order valence-electron chi connectivity index (χ4n) is 2.28. The topological polar surface area (TPSA) is 15.3 Å². The summed E-state index contributed by atoms with van der Waals surface area (Å²) in [7, 11) is 0. The Kier molecular flexibility index (Phi) is 9.74. The van der Waals surface area contributed by atoms with Crippen molar-refractivity contribution in [2.24, 2.45) is 11.8 Å². The lowest BCUT2D eigenvalue weighted by molar-refractivity contribution is 0.161. The van der Waals surface area contributed by atoms with Gasteiger partial charge < -0.3 is 5.32 Å². The average Bonchev–Trinajstić information content (AvgIpc) is 2.30. The molecular weight excluding hydrogens is 244 g/mol. The SMILES string of the molecule is CCC(CNC(C)(C)C)N(CCC(C)C)CCC(C)C. The molecule has 0 spiro atoms. The van der Waals surface area contributed by atoms with Gasteiger partial charge in [-0.15, -0.1) is 0 Å². The van der Waals surface area contributed by atoms with Crippen LogP contribution in [0.1, 0.15) is 74.7 Å². The Bertz CT molecular complexity index is 216. The van der Waals surface area contributed by atoms with Crippen LogP contribution in [0.2, 0.25) is 0 Å². The fourth-order valence-corrected chi connectivity index (χ4v) is 2.28. The van der Waals surface area contributed by atoms with Crippen LogP contribution < -0.4 is 5.32 Å². The van der Waals surface area contributed by atoms with Crippen molar-refractivity contribution in [3.05, 3.63) is 0 Å². The van der Waals surface area contributed by atoms with Gasteiger partial charge in [0.25, 0.3) is 0 Å². The van der Waals surface area contributed by atoms with E-state index >= 15 is 0 Å². The summed E-state index contributed by atoms with van der Waals surface area (Å²) in [5, 5.41) is 3.69. The van der Waals surface area contributed by atoms with Crippen molar-refractivity contribution >= 4 is 0 Å². The summed E-state index contributed by atoms with van der Waals surface area (Å²) in [6, 6.07) is 0.673. The molecule has 0 saturated heterocycles. The zero-order chi connectivity index (χ0) is 15.8. The van der Waals surface area contributed by atoms with Crippen molar-refractivity contribution in [3.63, 3.8) is 0 Å². The van der Waals surface area contributed by atoms with Crippen molar-refractivity contribution in [1.29, 1.82) is 0 Å². The molecule has 0 aromatic carbocycles. The molecule has 1 unspecified atom stereocenters. The molecule has 2 nitrogen and oxygen atoms in total. The van der Waals surface area contributed by atoms with Gasteiger partial charge in [-0.25, -0.2) is 0 Å². The lowest BCUT2D eigenvalue weighted by Gasteiger charge is -2.34. The molecule has 0 rings (SSSR count). The van der Waals surface area contributed by atoms with Gasteiger partial charge in [0.15, 0.2) is 0 Å². The molecule has 0 aromatic rings. The number of nitrogens with one attached hydrogen (secondary N) is 1. The van der Waals surface area contributed by atoms with E-state index in [9.17, 15) is 0 Å². The molecule has 2 heteroatoms. The molecule has 0 fully saturated rings. The second-order valence-electron chi connectivity index (χ2n) is 8.09. The molecule has 0 amide bonds. The van der Waals surface area contributed by atoms with Gasteiger partial charge >= 0.3 is 0 Å². The molecule has 0 saturated carbocycles. The number of hydrogen-bond acceptors (Lipinski definition) is 2. The predicted molar refractivity (Wildman–Crippen MR) is 92.3 cm³/mol. The van der Waals surface area contributed by atoms with Gasteiger partial charge in [0.2, 0.25) is 0 Å².